The highest BCUT2D eigenvalue weighted by Gasteiger charge is 2.36. The predicted octanol–water partition coefficient (Wildman–Crippen LogP) is 1.96. The third-order valence-corrected chi connectivity index (χ3v) is 3.18. The molecule has 88 valence electrons. The summed E-state index contributed by atoms with van der Waals surface area (Å²) in [6, 6.07) is 5.00. The van der Waals surface area contributed by atoms with Gasteiger partial charge in [0.15, 0.2) is 0 Å². The first-order valence-corrected chi connectivity index (χ1v) is 5.76. The molecule has 0 aromatic heterocycles. The lowest BCUT2D eigenvalue weighted by atomic mass is 9.95. The summed E-state index contributed by atoms with van der Waals surface area (Å²) >= 11 is 0. The van der Waals surface area contributed by atoms with Gasteiger partial charge in [-0.15, -0.1) is 0 Å². The molecule has 2 N–H and O–H groups in total. The Labute approximate surface area is 95.5 Å². The van der Waals surface area contributed by atoms with E-state index < -0.39 is 5.60 Å². The van der Waals surface area contributed by atoms with Crippen molar-refractivity contribution in [2.75, 3.05) is 6.54 Å². The standard InChI is InChI=1S/C13H18FNO/c1-9(2)15-8-13(16)6-5-10-7-11(14)3-4-12(10)13/h3-4,7,9,15-16H,5-6,8H2,1-2H3. The van der Waals surface area contributed by atoms with Crippen LogP contribution in [0.2, 0.25) is 0 Å². The van der Waals surface area contributed by atoms with Crippen molar-refractivity contribution in [2.24, 2.45) is 0 Å². The lowest BCUT2D eigenvalue weighted by Crippen LogP contribution is -2.39. The highest BCUT2D eigenvalue weighted by Crippen LogP contribution is 2.36. The van der Waals surface area contributed by atoms with E-state index >= 15 is 0 Å². The number of aryl methyl sites for hydroxylation is 1. The van der Waals surface area contributed by atoms with Crippen LogP contribution in [0.1, 0.15) is 31.4 Å². The summed E-state index contributed by atoms with van der Waals surface area (Å²) in [5.74, 6) is -0.222. The van der Waals surface area contributed by atoms with Gasteiger partial charge in [-0.05, 0) is 36.1 Å². The third-order valence-electron chi connectivity index (χ3n) is 3.18. The summed E-state index contributed by atoms with van der Waals surface area (Å²) < 4.78 is 13.0. The molecule has 0 amide bonds. The first-order chi connectivity index (χ1) is 7.51. The molecule has 1 aliphatic carbocycles. The molecule has 16 heavy (non-hydrogen) atoms. The maximum atomic E-state index is 13.0. The van der Waals surface area contributed by atoms with Crippen LogP contribution >= 0.6 is 0 Å². The zero-order valence-electron chi connectivity index (χ0n) is 9.76. The van der Waals surface area contributed by atoms with Crippen LogP contribution in [0.3, 0.4) is 0 Å². The van der Waals surface area contributed by atoms with Crippen LogP contribution in [0.5, 0.6) is 0 Å². The second kappa shape index (κ2) is 4.15. The van der Waals surface area contributed by atoms with Crippen LogP contribution in [0.4, 0.5) is 4.39 Å². The summed E-state index contributed by atoms with van der Waals surface area (Å²) in [7, 11) is 0. The van der Waals surface area contributed by atoms with Gasteiger partial charge >= 0.3 is 0 Å². The topological polar surface area (TPSA) is 32.3 Å². The van der Waals surface area contributed by atoms with Crippen LogP contribution in [0, 0.1) is 5.82 Å². The largest absolute Gasteiger partial charge is 0.384 e. The minimum Gasteiger partial charge on any atom is -0.384 e. The van der Waals surface area contributed by atoms with E-state index in [-0.39, 0.29) is 5.82 Å². The fraction of sp³-hybridized carbons (Fsp3) is 0.538. The van der Waals surface area contributed by atoms with E-state index in [4.69, 9.17) is 0 Å². The van der Waals surface area contributed by atoms with Crippen molar-refractivity contribution in [1.82, 2.24) is 5.32 Å². The molecular formula is C13H18FNO. The highest BCUT2D eigenvalue weighted by atomic mass is 19.1. The van der Waals surface area contributed by atoms with Crippen LogP contribution in [0.15, 0.2) is 18.2 Å². The Morgan fingerprint density at radius 3 is 2.94 bits per heavy atom. The Hall–Kier alpha value is -0.930. The molecule has 0 saturated heterocycles. The monoisotopic (exact) mass is 223 g/mol. The Balaban J connectivity index is 2.21. The summed E-state index contributed by atoms with van der Waals surface area (Å²) in [4.78, 5) is 0. The lowest BCUT2D eigenvalue weighted by Gasteiger charge is -2.25. The Morgan fingerprint density at radius 1 is 1.50 bits per heavy atom. The van der Waals surface area contributed by atoms with Crippen LogP contribution in [0.25, 0.3) is 0 Å². The van der Waals surface area contributed by atoms with E-state index in [0.29, 0.717) is 19.0 Å². The van der Waals surface area contributed by atoms with Crippen molar-refractivity contribution in [2.45, 2.75) is 38.3 Å². The molecule has 0 bridgehead atoms. The zero-order valence-corrected chi connectivity index (χ0v) is 9.76. The summed E-state index contributed by atoms with van der Waals surface area (Å²) in [5, 5.41) is 13.7. The fourth-order valence-corrected chi connectivity index (χ4v) is 2.26. The molecule has 0 fully saturated rings. The molecule has 2 rings (SSSR count). The van der Waals surface area contributed by atoms with Crippen molar-refractivity contribution in [3.8, 4) is 0 Å². The number of nitrogens with one attached hydrogen (secondary N) is 1. The van der Waals surface area contributed by atoms with Crippen molar-refractivity contribution in [3.05, 3.63) is 35.1 Å². The number of hydrogen-bond donors (Lipinski definition) is 2. The maximum Gasteiger partial charge on any atom is 0.123 e. The lowest BCUT2D eigenvalue weighted by molar-refractivity contribution is 0.0368. The number of halogens is 1. The smallest absolute Gasteiger partial charge is 0.123 e. The average Bonchev–Trinajstić information content (AvgIpc) is 2.54. The van der Waals surface area contributed by atoms with Gasteiger partial charge < -0.3 is 10.4 Å². The number of aliphatic hydroxyl groups is 1. The van der Waals surface area contributed by atoms with Crippen LogP contribution in [-0.2, 0) is 12.0 Å². The van der Waals surface area contributed by atoms with Gasteiger partial charge in [0.2, 0.25) is 0 Å². The van der Waals surface area contributed by atoms with Gasteiger partial charge in [-0.1, -0.05) is 19.9 Å². The predicted molar refractivity (Wildman–Crippen MR) is 61.8 cm³/mol. The third kappa shape index (κ3) is 2.11. The first kappa shape index (κ1) is 11.6. The van der Waals surface area contributed by atoms with E-state index in [9.17, 15) is 9.50 Å². The molecule has 1 aromatic carbocycles. The number of fused-ring (bicyclic) bond motifs is 1. The van der Waals surface area contributed by atoms with E-state index in [1.54, 1.807) is 6.07 Å². The van der Waals surface area contributed by atoms with Gasteiger partial charge in [-0.2, -0.15) is 0 Å². The maximum absolute atomic E-state index is 13.0. The Bertz CT molecular complexity index is 392. The van der Waals surface area contributed by atoms with E-state index in [1.165, 1.54) is 12.1 Å². The fourth-order valence-electron chi connectivity index (χ4n) is 2.26. The molecular weight excluding hydrogens is 205 g/mol. The average molecular weight is 223 g/mol. The van der Waals surface area contributed by atoms with Crippen LogP contribution in [-0.4, -0.2) is 17.7 Å². The van der Waals surface area contributed by atoms with Gasteiger partial charge in [-0.25, -0.2) is 4.39 Å². The summed E-state index contributed by atoms with van der Waals surface area (Å²) in [6.07, 6.45) is 1.43. The molecule has 1 atom stereocenters. The minimum atomic E-state index is -0.826. The van der Waals surface area contributed by atoms with E-state index in [1.807, 2.05) is 13.8 Å². The van der Waals surface area contributed by atoms with Crippen molar-refractivity contribution >= 4 is 0 Å². The Kier molecular flexibility index (Phi) is 3.00. The molecule has 1 aliphatic rings. The van der Waals surface area contributed by atoms with Gasteiger partial charge in [0.05, 0.1) is 0 Å². The van der Waals surface area contributed by atoms with Gasteiger partial charge in [0.1, 0.15) is 11.4 Å². The summed E-state index contributed by atoms with van der Waals surface area (Å²) in [5.41, 5.74) is 0.989. The second-order valence-electron chi connectivity index (χ2n) is 4.87. The summed E-state index contributed by atoms with van der Waals surface area (Å²) in [6.45, 7) is 4.62. The number of benzene rings is 1. The molecule has 0 saturated carbocycles. The Morgan fingerprint density at radius 2 is 2.25 bits per heavy atom. The highest BCUT2D eigenvalue weighted by molar-refractivity contribution is 5.37. The number of rotatable bonds is 3. The molecule has 1 aromatic rings. The molecule has 0 heterocycles. The van der Waals surface area contributed by atoms with Crippen LogP contribution < -0.4 is 5.32 Å². The van der Waals surface area contributed by atoms with Crippen molar-refractivity contribution in [3.63, 3.8) is 0 Å². The molecule has 0 aliphatic heterocycles. The zero-order chi connectivity index (χ0) is 11.8. The molecule has 0 radical (unpaired) electrons. The van der Waals surface area contributed by atoms with E-state index in [2.05, 4.69) is 5.32 Å². The quantitative estimate of drug-likeness (QED) is 0.821. The van der Waals surface area contributed by atoms with Gasteiger partial charge in [-0.3, -0.25) is 0 Å². The minimum absolute atomic E-state index is 0.222. The number of hydrogen-bond acceptors (Lipinski definition) is 2. The van der Waals surface area contributed by atoms with Gasteiger partial charge in [0, 0.05) is 12.6 Å². The normalized spacial score (nSPS) is 23.8. The van der Waals surface area contributed by atoms with Crippen molar-refractivity contribution in [1.29, 1.82) is 0 Å². The van der Waals surface area contributed by atoms with Crippen molar-refractivity contribution < 1.29 is 9.50 Å². The second-order valence-corrected chi connectivity index (χ2v) is 4.87. The molecule has 3 heteroatoms. The van der Waals surface area contributed by atoms with Gasteiger partial charge in [0.25, 0.3) is 0 Å². The molecule has 2 nitrogen and oxygen atoms in total. The SMILES string of the molecule is CC(C)NCC1(O)CCc2cc(F)ccc21. The first-order valence-electron chi connectivity index (χ1n) is 5.76. The molecule has 1 unspecified atom stereocenters. The molecule has 0 spiro atoms. The van der Waals surface area contributed by atoms with E-state index in [0.717, 1.165) is 17.5 Å².